The molecule has 0 spiro atoms. The molecule has 5 rings (SSSR count). The van der Waals surface area contributed by atoms with Gasteiger partial charge in [-0.15, -0.1) is 0 Å². The van der Waals surface area contributed by atoms with Crippen molar-refractivity contribution >= 4 is 5.97 Å². The van der Waals surface area contributed by atoms with E-state index in [1.807, 2.05) is 6.07 Å². The minimum Gasteiger partial charge on any atom is -0.505 e. The van der Waals surface area contributed by atoms with Gasteiger partial charge in [-0.3, -0.25) is 4.79 Å². The molecule has 33 heavy (non-hydrogen) atoms. The standard InChI is InChI=1S/C26H23F2NO4/c1-3-32-26(31)25-18-7-15-10-23(29-11-19(15)24(18)25)33-12-16-8-17(13(2)6-20(16)27)14-4-5-22(30)21(28)9-14/h4-6,8-11,18,24-25,30H,3,7,12H2,1-2H3/t18-,24-,25+/m1/s1. The number of rotatable bonds is 6. The van der Waals surface area contributed by atoms with Crippen LogP contribution in [-0.2, 0) is 22.6 Å². The maximum Gasteiger partial charge on any atom is 0.309 e. The molecule has 0 unspecified atom stereocenters. The largest absolute Gasteiger partial charge is 0.505 e. The number of phenolic OH excluding ortho intramolecular Hbond substituents is 1. The Morgan fingerprint density at radius 1 is 1.18 bits per heavy atom. The number of carbonyl (C=O) groups excluding carboxylic acids is 1. The molecule has 5 nitrogen and oxygen atoms in total. The maximum absolute atomic E-state index is 14.6. The van der Waals surface area contributed by atoms with E-state index in [9.17, 15) is 18.7 Å². The number of aryl methyl sites for hydroxylation is 1. The van der Waals surface area contributed by atoms with Crippen molar-refractivity contribution in [2.45, 2.75) is 32.8 Å². The van der Waals surface area contributed by atoms with Gasteiger partial charge in [0.2, 0.25) is 5.88 Å². The Kier molecular flexibility index (Phi) is 5.27. The number of halogens is 2. The third kappa shape index (κ3) is 3.81. The van der Waals surface area contributed by atoms with Crippen molar-refractivity contribution in [1.82, 2.24) is 4.98 Å². The van der Waals surface area contributed by atoms with Crippen LogP contribution in [0, 0.1) is 30.4 Å². The molecule has 0 aliphatic heterocycles. The Morgan fingerprint density at radius 2 is 2.00 bits per heavy atom. The average molecular weight is 451 g/mol. The summed E-state index contributed by atoms with van der Waals surface area (Å²) in [4.78, 5) is 16.4. The molecule has 2 aromatic carbocycles. The van der Waals surface area contributed by atoms with Gasteiger partial charge in [0.1, 0.15) is 12.4 Å². The number of esters is 1. The van der Waals surface area contributed by atoms with E-state index in [0.717, 1.165) is 17.5 Å². The molecule has 1 saturated carbocycles. The number of benzene rings is 2. The van der Waals surface area contributed by atoms with Crippen LogP contribution in [0.3, 0.4) is 0 Å². The number of fused-ring (bicyclic) bond motifs is 3. The molecule has 2 aliphatic rings. The second-order valence-corrected chi connectivity index (χ2v) is 8.61. The summed E-state index contributed by atoms with van der Waals surface area (Å²) >= 11 is 0. The molecule has 7 heteroatoms. The minimum absolute atomic E-state index is 0.0379. The van der Waals surface area contributed by atoms with Crippen LogP contribution in [0.5, 0.6) is 11.6 Å². The van der Waals surface area contributed by atoms with Gasteiger partial charge >= 0.3 is 5.97 Å². The lowest BCUT2D eigenvalue weighted by Gasteiger charge is -2.13. The lowest BCUT2D eigenvalue weighted by atomic mass is 9.97. The third-order valence-corrected chi connectivity index (χ3v) is 6.57. The molecule has 1 fully saturated rings. The second kappa shape index (κ2) is 8.14. The number of phenols is 1. The number of pyridine rings is 1. The summed E-state index contributed by atoms with van der Waals surface area (Å²) in [7, 11) is 0. The minimum atomic E-state index is -0.736. The molecule has 0 amide bonds. The smallest absolute Gasteiger partial charge is 0.309 e. The van der Waals surface area contributed by atoms with Gasteiger partial charge in [-0.25, -0.2) is 13.8 Å². The van der Waals surface area contributed by atoms with Crippen LogP contribution in [0.4, 0.5) is 8.78 Å². The van der Waals surface area contributed by atoms with Crippen molar-refractivity contribution < 1.29 is 28.2 Å². The first kappa shape index (κ1) is 21.4. The molecule has 1 aromatic heterocycles. The van der Waals surface area contributed by atoms with E-state index in [1.54, 1.807) is 32.2 Å². The molecule has 1 heterocycles. The van der Waals surface area contributed by atoms with Crippen LogP contribution >= 0.6 is 0 Å². The molecule has 2 aliphatic carbocycles. The number of hydrogen-bond acceptors (Lipinski definition) is 5. The van der Waals surface area contributed by atoms with E-state index >= 15 is 0 Å². The zero-order chi connectivity index (χ0) is 23.3. The van der Waals surface area contributed by atoms with Gasteiger partial charge in [0.05, 0.1) is 12.5 Å². The Bertz CT molecular complexity index is 1260. The van der Waals surface area contributed by atoms with Crippen molar-refractivity contribution in [3.05, 3.63) is 76.5 Å². The third-order valence-electron chi connectivity index (χ3n) is 6.57. The van der Waals surface area contributed by atoms with E-state index in [2.05, 4.69) is 4.98 Å². The van der Waals surface area contributed by atoms with Gasteiger partial charge in [-0.2, -0.15) is 0 Å². The highest BCUT2D eigenvalue weighted by Crippen LogP contribution is 2.61. The zero-order valence-electron chi connectivity index (χ0n) is 18.3. The quantitative estimate of drug-likeness (QED) is 0.530. The molecule has 0 bridgehead atoms. The number of hydrogen-bond donors (Lipinski definition) is 1. The summed E-state index contributed by atoms with van der Waals surface area (Å²) in [6.45, 7) is 3.89. The van der Waals surface area contributed by atoms with Crippen LogP contribution in [0.2, 0.25) is 0 Å². The van der Waals surface area contributed by atoms with Crippen LogP contribution < -0.4 is 4.74 Å². The molecule has 0 radical (unpaired) electrons. The highest BCUT2D eigenvalue weighted by atomic mass is 19.1. The molecule has 170 valence electrons. The van der Waals surface area contributed by atoms with E-state index in [-0.39, 0.29) is 30.3 Å². The number of aromatic nitrogens is 1. The van der Waals surface area contributed by atoms with Crippen molar-refractivity contribution in [1.29, 1.82) is 0 Å². The van der Waals surface area contributed by atoms with Crippen molar-refractivity contribution in [2.75, 3.05) is 6.61 Å². The first-order valence-electron chi connectivity index (χ1n) is 10.9. The lowest BCUT2D eigenvalue weighted by molar-refractivity contribution is -0.145. The number of ether oxygens (including phenoxy) is 2. The first-order valence-corrected chi connectivity index (χ1v) is 10.9. The fourth-order valence-electron chi connectivity index (χ4n) is 4.87. The van der Waals surface area contributed by atoms with Crippen LogP contribution in [0.1, 0.15) is 35.1 Å². The van der Waals surface area contributed by atoms with Crippen LogP contribution in [0.25, 0.3) is 11.1 Å². The Hall–Kier alpha value is -3.48. The summed E-state index contributed by atoms with van der Waals surface area (Å²) in [5.74, 6) is -0.985. The summed E-state index contributed by atoms with van der Waals surface area (Å²) < 4.78 is 39.3. The Morgan fingerprint density at radius 3 is 2.76 bits per heavy atom. The fraction of sp³-hybridized carbons (Fsp3) is 0.308. The topological polar surface area (TPSA) is 68.7 Å². The summed E-state index contributed by atoms with van der Waals surface area (Å²) in [6.07, 6.45) is 2.52. The van der Waals surface area contributed by atoms with Crippen molar-refractivity contribution in [3.63, 3.8) is 0 Å². The predicted octanol–water partition coefficient (Wildman–Crippen LogP) is 5.07. The van der Waals surface area contributed by atoms with Crippen LogP contribution in [0.15, 0.2) is 42.6 Å². The second-order valence-electron chi connectivity index (χ2n) is 8.61. The molecule has 3 aromatic rings. The van der Waals surface area contributed by atoms with E-state index in [0.29, 0.717) is 34.7 Å². The molecule has 0 saturated heterocycles. The van der Waals surface area contributed by atoms with Crippen molar-refractivity contribution in [3.8, 4) is 22.8 Å². The summed E-state index contributed by atoms with van der Waals surface area (Å²) in [5, 5.41) is 9.44. The summed E-state index contributed by atoms with van der Waals surface area (Å²) in [5.41, 5.74) is 4.31. The Labute approximate surface area is 190 Å². The lowest BCUT2D eigenvalue weighted by Crippen LogP contribution is -2.11. The summed E-state index contributed by atoms with van der Waals surface area (Å²) in [6, 6.07) is 8.94. The van der Waals surface area contributed by atoms with Gasteiger partial charge in [-0.1, -0.05) is 6.07 Å². The van der Waals surface area contributed by atoms with Crippen molar-refractivity contribution in [2.24, 2.45) is 11.8 Å². The molecule has 1 N–H and O–H groups in total. The maximum atomic E-state index is 14.6. The van der Waals surface area contributed by atoms with E-state index < -0.39 is 17.4 Å². The SMILES string of the molecule is CCOC(=O)[C@H]1[C@@H]2Cc3cc(OCc4cc(-c5ccc(O)c(F)c5)c(C)cc4F)ncc3[C@@H]21. The predicted molar refractivity (Wildman–Crippen MR) is 117 cm³/mol. The molecule has 3 atom stereocenters. The highest BCUT2D eigenvalue weighted by molar-refractivity contribution is 5.79. The van der Waals surface area contributed by atoms with Gasteiger partial charge < -0.3 is 14.6 Å². The molecular weight excluding hydrogens is 428 g/mol. The number of carbonyl (C=O) groups is 1. The Balaban J connectivity index is 1.31. The number of nitrogens with zero attached hydrogens (tertiary/aromatic N) is 1. The van der Waals surface area contributed by atoms with Gasteiger partial charge in [0, 0.05) is 23.7 Å². The first-order chi connectivity index (χ1) is 15.9. The zero-order valence-corrected chi connectivity index (χ0v) is 18.3. The van der Waals surface area contributed by atoms with E-state index in [1.165, 1.54) is 18.2 Å². The van der Waals surface area contributed by atoms with Gasteiger partial charge in [0.25, 0.3) is 0 Å². The fourth-order valence-corrected chi connectivity index (χ4v) is 4.87. The van der Waals surface area contributed by atoms with Gasteiger partial charge in [-0.05, 0) is 78.3 Å². The normalized spacial score (nSPS) is 20.2. The average Bonchev–Trinajstić information content (AvgIpc) is 3.37. The monoisotopic (exact) mass is 451 g/mol. The van der Waals surface area contributed by atoms with E-state index in [4.69, 9.17) is 9.47 Å². The van der Waals surface area contributed by atoms with Crippen LogP contribution in [-0.4, -0.2) is 22.7 Å². The highest BCUT2D eigenvalue weighted by Gasteiger charge is 2.60. The number of aromatic hydroxyl groups is 1. The molecular formula is C26H23F2NO4. The van der Waals surface area contributed by atoms with Gasteiger partial charge in [0.15, 0.2) is 11.6 Å².